The number of nitrogens with zero attached hydrogens (tertiary/aromatic N) is 3. The number of para-hydroxylation sites is 1. The Balaban J connectivity index is 2.56. The van der Waals surface area contributed by atoms with Crippen molar-refractivity contribution >= 4 is 23.6 Å². The standard InChI is InChI=1S/C12H10ClN3O4/c1-7-8(6-17)12(15(2)14-7)20-11-9(13)4-3-5-10(11)16(18)19/h3-6H,1-2H3. The van der Waals surface area contributed by atoms with Gasteiger partial charge in [-0.25, -0.2) is 4.68 Å². The fraction of sp³-hybridized carbons (Fsp3) is 0.167. The molecule has 0 radical (unpaired) electrons. The minimum atomic E-state index is -0.606. The number of aldehydes is 1. The van der Waals surface area contributed by atoms with Crippen LogP contribution in [0.5, 0.6) is 11.6 Å². The fourth-order valence-electron chi connectivity index (χ4n) is 1.75. The number of rotatable bonds is 4. The minimum Gasteiger partial charge on any atom is -0.430 e. The lowest BCUT2D eigenvalue weighted by Gasteiger charge is -2.08. The van der Waals surface area contributed by atoms with E-state index in [1.165, 1.54) is 22.9 Å². The molecule has 0 saturated carbocycles. The predicted molar refractivity (Wildman–Crippen MR) is 71.5 cm³/mol. The molecule has 2 aromatic rings. The van der Waals surface area contributed by atoms with Crippen LogP contribution in [-0.2, 0) is 7.05 Å². The number of aromatic nitrogens is 2. The Bertz CT molecular complexity index is 696. The molecule has 7 nitrogen and oxygen atoms in total. The molecular weight excluding hydrogens is 286 g/mol. The number of nitro groups is 1. The van der Waals surface area contributed by atoms with Gasteiger partial charge in [0.1, 0.15) is 0 Å². The van der Waals surface area contributed by atoms with Gasteiger partial charge in [-0.1, -0.05) is 17.7 Å². The Morgan fingerprint density at radius 1 is 1.50 bits per heavy atom. The molecule has 0 fully saturated rings. The van der Waals surface area contributed by atoms with Crippen molar-refractivity contribution in [3.63, 3.8) is 0 Å². The zero-order chi connectivity index (χ0) is 14.9. The van der Waals surface area contributed by atoms with Crippen molar-refractivity contribution in [3.05, 3.63) is 44.6 Å². The van der Waals surface area contributed by atoms with E-state index in [0.717, 1.165) is 0 Å². The Labute approximate surface area is 118 Å². The third-order valence-corrected chi connectivity index (χ3v) is 2.97. The van der Waals surface area contributed by atoms with Gasteiger partial charge < -0.3 is 4.74 Å². The van der Waals surface area contributed by atoms with Crippen molar-refractivity contribution in [2.45, 2.75) is 6.92 Å². The molecule has 20 heavy (non-hydrogen) atoms. The highest BCUT2D eigenvalue weighted by atomic mass is 35.5. The minimum absolute atomic E-state index is 0.0786. The van der Waals surface area contributed by atoms with Crippen molar-refractivity contribution in [1.29, 1.82) is 0 Å². The molecule has 0 amide bonds. The van der Waals surface area contributed by atoms with E-state index in [4.69, 9.17) is 16.3 Å². The van der Waals surface area contributed by atoms with Crippen molar-refractivity contribution in [2.75, 3.05) is 0 Å². The molecule has 8 heteroatoms. The van der Waals surface area contributed by atoms with Crippen LogP contribution in [0, 0.1) is 17.0 Å². The first kappa shape index (κ1) is 14.0. The second kappa shape index (κ2) is 5.30. The number of carbonyl (C=O) groups excluding carboxylic acids is 1. The normalized spacial score (nSPS) is 10.3. The highest BCUT2D eigenvalue weighted by Crippen LogP contribution is 2.38. The zero-order valence-corrected chi connectivity index (χ0v) is 11.4. The van der Waals surface area contributed by atoms with Crippen LogP contribution in [0.4, 0.5) is 5.69 Å². The van der Waals surface area contributed by atoms with Crippen molar-refractivity contribution in [1.82, 2.24) is 9.78 Å². The number of nitro benzene ring substituents is 1. The summed E-state index contributed by atoms with van der Waals surface area (Å²) in [4.78, 5) is 21.4. The van der Waals surface area contributed by atoms with Crippen LogP contribution in [0.2, 0.25) is 5.02 Å². The molecule has 0 bridgehead atoms. The van der Waals surface area contributed by atoms with Crippen molar-refractivity contribution in [2.24, 2.45) is 7.05 Å². The fourth-order valence-corrected chi connectivity index (χ4v) is 1.96. The number of halogens is 1. The molecule has 0 atom stereocenters. The Morgan fingerprint density at radius 3 is 2.80 bits per heavy atom. The monoisotopic (exact) mass is 295 g/mol. The van der Waals surface area contributed by atoms with E-state index in [0.29, 0.717) is 12.0 Å². The second-order valence-electron chi connectivity index (χ2n) is 3.99. The summed E-state index contributed by atoms with van der Waals surface area (Å²) in [6, 6.07) is 4.18. The molecule has 0 aliphatic rings. The van der Waals surface area contributed by atoms with Crippen LogP contribution in [-0.4, -0.2) is 21.0 Å². The van der Waals surface area contributed by atoms with Crippen molar-refractivity contribution in [3.8, 4) is 11.6 Å². The van der Waals surface area contributed by atoms with Crippen LogP contribution < -0.4 is 4.74 Å². The molecule has 0 saturated heterocycles. The lowest BCUT2D eigenvalue weighted by Crippen LogP contribution is -2.00. The number of benzene rings is 1. The SMILES string of the molecule is Cc1nn(C)c(Oc2c(Cl)cccc2[N+](=O)[O-])c1C=O. The van der Waals surface area contributed by atoms with E-state index < -0.39 is 4.92 Å². The van der Waals surface area contributed by atoms with E-state index in [1.54, 1.807) is 14.0 Å². The van der Waals surface area contributed by atoms with E-state index in [1.807, 2.05) is 0 Å². The van der Waals surface area contributed by atoms with Gasteiger partial charge in [0.15, 0.2) is 6.29 Å². The van der Waals surface area contributed by atoms with E-state index >= 15 is 0 Å². The molecule has 0 spiro atoms. The number of carbonyl (C=O) groups is 1. The van der Waals surface area contributed by atoms with Crippen LogP contribution in [0.25, 0.3) is 0 Å². The van der Waals surface area contributed by atoms with Gasteiger partial charge in [0.25, 0.3) is 0 Å². The highest BCUT2D eigenvalue weighted by Gasteiger charge is 2.23. The summed E-state index contributed by atoms with van der Waals surface area (Å²) < 4.78 is 6.80. The van der Waals surface area contributed by atoms with E-state index in [9.17, 15) is 14.9 Å². The summed E-state index contributed by atoms with van der Waals surface area (Å²) in [5.74, 6) is -0.0148. The maximum Gasteiger partial charge on any atom is 0.313 e. The van der Waals surface area contributed by atoms with Gasteiger partial charge >= 0.3 is 5.69 Å². The van der Waals surface area contributed by atoms with Crippen LogP contribution in [0.3, 0.4) is 0 Å². The molecule has 0 N–H and O–H groups in total. The maximum atomic E-state index is 11.1. The number of aryl methyl sites for hydroxylation is 2. The molecule has 1 aromatic carbocycles. The second-order valence-corrected chi connectivity index (χ2v) is 4.40. The first-order valence-corrected chi connectivity index (χ1v) is 5.93. The van der Waals surface area contributed by atoms with Crippen LogP contribution >= 0.6 is 11.6 Å². The van der Waals surface area contributed by atoms with Crippen molar-refractivity contribution < 1.29 is 14.5 Å². The first-order chi connectivity index (χ1) is 9.45. The molecule has 0 aliphatic heterocycles. The number of hydrogen-bond acceptors (Lipinski definition) is 5. The summed E-state index contributed by atoms with van der Waals surface area (Å²) in [6.45, 7) is 1.64. The Morgan fingerprint density at radius 2 is 2.20 bits per heavy atom. The molecule has 1 aromatic heterocycles. The van der Waals surface area contributed by atoms with Gasteiger partial charge in [-0.2, -0.15) is 5.10 Å². The van der Waals surface area contributed by atoms with Gasteiger partial charge in [0.2, 0.25) is 11.6 Å². The van der Waals surface area contributed by atoms with Gasteiger partial charge in [-0.3, -0.25) is 14.9 Å². The first-order valence-electron chi connectivity index (χ1n) is 5.55. The summed E-state index contributed by atoms with van der Waals surface area (Å²) in [6.07, 6.45) is 0.584. The summed E-state index contributed by atoms with van der Waals surface area (Å²) in [5.41, 5.74) is 0.405. The lowest BCUT2D eigenvalue weighted by atomic mass is 10.2. The lowest BCUT2D eigenvalue weighted by molar-refractivity contribution is -0.385. The quantitative estimate of drug-likeness (QED) is 0.491. The largest absolute Gasteiger partial charge is 0.430 e. The smallest absolute Gasteiger partial charge is 0.313 e. The maximum absolute atomic E-state index is 11.1. The van der Waals surface area contributed by atoms with Gasteiger partial charge in [-0.15, -0.1) is 0 Å². The third-order valence-electron chi connectivity index (χ3n) is 2.67. The van der Waals surface area contributed by atoms with E-state index in [-0.39, 0.29) is 27.9 Å². The average Bonchev–Trinajstić information content (AvgIpc) is 2.65. The summed E-state index contributed by atoms with van der Waals surface area (Å²) in [7, 11) is 1.57. The molecular formula is C12H10ClN3O4. The van der Waals surface area contributed by atoms with Gasteiger partial charge in [-0.05, 0) is 13.0 Å². The topological polar surface area (TPSA) is 87.3 Å². The third kappa shape index (κ3) is 2.35. The number of ether oxygens (including phenoxy) is 1. The summed E-state index contributed by atoms with van der Waals surface area (Å²) in [5, 5.41) is 15.1. The molecule has 1 heterocycles. The molecule has 104 valence electrons. The Hall–Kier alpha value is -2.41. The van der Waals surface area contributed by atoms with Crippen LogP contribution in [0.1, 0.15) is 16.1 Å². The van der Waals surface area contributed by atoms with Crippen LogP contribution in [0.15, 0.2) is 18.2 Å². The molecule has 0 aliphatic carbocycles. The summed E-state index contributed by atoms with van der Waals surface area (Å²) >= 11 is 5.93. The predicted octanol–water partition coefficient (Wildman–Crippen LogP) is 2.89. The van der Waals surface area contributed by atoms with Gasteiger partial charge in [0.05, 0.1) is 21.2 Å². The number of hydrogen-bond donors (Lipinski definition) is 0. The average molecular weight is 296 g/mol. The molecule has 2 rings (SSSR count). The highest BCUT2D eigenvalue weighted by molar-refractivity contribution is 6.32. The van der Waals surface area contributed by atoms with Gasteiger partial charge in [0, 0.05) is 13.1 Å². The molecule has 0 unspecified atom stereocenters. The van der Waals surface area contributed by atoms with E-state index in [2.05, 4.69) is 5.10 Å². The zero-order valence-electron chi connectivity index (χ0n) is 10.7. The Kier molecular flexibility index (Phi) is 3.71.